The van der Waals surface area contributed by atoms with Crippen LogP contribution in [0.4, 0.5) is 0 Å². The summed E-state index contributed by atoms with van der Waals surface area (Å²) in [4.78, 5) is 9.40. The van der Waals surface area contributed by atoms with E-state index in [1.54, 1.807) is 6.20 Å². The van der Waals surface area contributed by atoms with Crippen LogP contribution in [0.15, 0.2) is 94.5 Å². The van der Waals surface area contributed by atoms with Gasteiger partial charge >= 0.3 is 0 Å². The van der Waals surface area contributed by atoms with Crippen LogP contribution >= 0.6 is 15.9 Å². The summed E-state index contributed by atoms with van der Waals surface area (Å²) in [5, 5.41) is 3.50. The highest BCUT2D eigenvalue weighted by atomic mass is 79.9. The minimum absolute atomic E-state index is 0.141. The van der Waals surface area contributed by atoms with Gasteiger partial charge in [0.15, 0.2) is 0 Å². The van der Waals surface area contributed by atoms with E-state index in [1.165, 1.54) is 0 Å². The smallest absolute Gasteiger partial charge is 0.145 e. The van der Waals surface area contributed by atoms with E-state index in [-0.39, 0.29) is 6.17 Å². The molecule has 1 aliphatic rings. The largest absolute Gasteiger partial charge is 0.358 e. The zero-order chi connectivity index (χ0) is 17.1. The van der Waals surface area contributed by atoms with Crippen molar-refractivity contribution in [2.45, 2.75) is 6.17 Å². The molecular weight excluding hydrogens is 374 g/mol. The number of benzene rings is 2. The van der Waals surface area contributed by atoms with E-state index >= 15 is 0 Å². The molecule has 2 aromatic carbocycles. The lowest BCUT2D eigenvalue weighted by Crippen LogP contribution is -2.25. The van der Waals surface area contributed by atoms with Crippen LogP contribution in [0.2, 0.25) is 0 Å². The molecule has 3 nitrogen and oxygen atoms in total. The van der Waals surface area contributed by atoms with Crippen molar-refractivity contribution in [1.29, 1.82) is 0 Å². The first kappa shape index (κ1) is 15.8. The highest BCUT2D eigenvalue weighted by Gasteiger charge is 2.19. The van der Waals surface area contributed by atoms with Gasteiger partial charge in [0.2, 0.25) is 0 Å². The van der Waals surface area contributed by atoms with Crippen molar-refractivity contribution in [1.82, 2.24) is 10.3 Å². The summed E-state index contributed by atoms with van der Waals surface area (Å²) in [7, 11) is 0. The maximum Gasteiger partial charge on any atom is 0.145 e. The van der Waals surface area contributed by atoms with Crippen LogP contribution in [0, 0.1) is 0 Å². The first-order chi connectivity index (χ1) is 12.3. The van der Waals surface area contributed by atoms with Gasteiger partial charge in [-0.05, 0) is 35.9 Å². The van der Waals surface area contributed by atoms with Gasteiger partial charge in [-0.2, -0.15) is 0 Å². The minimum Gasteiger partial charge on any atom is -0.358 e. The summed E-state index contributed by atoms with van der Waals surface area (Å²) in [5.74, 6) is 0. The third-order valence-electron chi connectivity index (χ3n) is 4.02. The summed E-state index contributed by atoms with van der Waals surface area (Å²) < 4.78 is 1.04. The fourth-order valence-corrected chi connectivity index (χ4v) is 3.20. The molecule has 0 spiro atoms. The standard InChI is InChI=1S/C21H16BrN3/c22-17-10-6-9-16(13-17)19-14-20(18-11-4-5-12-23-18)25-21(24-19)15-7-2-1-3-8-15/h1-14,21,25H. The molecule has 25 heavy (non-hydrogen) atoms. The molecule has 0 aliphatic carbocycles. The molecule has 0 saturated heterocycles. The molecule has 0 radical (unpaired) electrons. The first-order valence-corrected chi connectivity index (χ1v) is 8.87. The number of allylic oxidation sites excluding steroid dienone is 1. The molecule has 122 valence electrons. The zero-order valence-electron chi connectivity index (χ0n) is 13.4. The Bertz CT molecular complexity index is 934. The fourth-order valence-electron chi connectivity index (χ4n) is 2.80. The van der Waals surface area contributed by atoms with Gasteiger partial charge in [-0.15, -0.1) is 0 Å². The number of nitrogens with one attached hydrogen (secondary N) is 1. The lowest BCUT2D eigenvalue weighted by Gasteiger charge is -2.24. The second kappa shape index (κ2) is 7.03. The van der Waals surface area contributed by atoms with Crippen molar-refractivity contribution < 1.29 is 0 Å². The summed E-state index contributed by atoms with van der Waals surface area (Å²) in [6.45, 7) is 0. The van der Waals surface area contributed by atoms with Gasteiger partial charge in [0.1, 0.15) is 6.17 Å². The van der Waals surface area contributed by atoms with Crippen LogP contribution in [0.25, 0.3) is 5.70 Å². The second-order valence-corrected chi connectivity index (χ2v) is 6.67. The Morgan fingerprint density at radius 3 is 2.48 bits per heavy atom. The molecule has 0 bridgehead atoms. The number of aromatic nitrogens is 1. The zero-order valence-corrected chi connectivity index (χ0v) is 15.0. The molecule has 1 atom stereocenters. The van der Waals surface area contributed by atoms with E-state index < -0.39 is 0 Å². The normalized spacial score (nSPS) is 16.6. The number of halogens is 1. The Morgan fingerprint density at radius 2 is 1.72 bits per heavy atom. The predicted molar refractivity (Wildman–Crippen MR) is 105 cm³/mol. The SMILES string of the molecule is Brc1cccc(C2=NC(c3ccccc3)NC(c3ccccn3)=C2)c1. The molecule has 1 aromatic heterocycles. The number of hydrogen-bond donors (Lipinski definition) is 1. The summed E-state index contributed by atoms with van der Waals surface area (Å²) in [5.41, 5.74) is 5.02. The molecule has 3 aromatic rings. The van der Waals surface area contributed by atoms with E-state index in [2.05, 4.69) is 56.6 Å². The molecule has 4 rings (SSSR count). The van der Waals surface area contributed by atoms with Crippen LogP contribution in [0.3, 0.4) is 0 Å². The van der Waals surface area contributed by atoms with E-state index in [4.69, 9.17) is 4.99 Å². The minimum atomic E-state index is -0.141. The second-order valence-electron chi connectivity index (χ2n) is 5.76. The van der Waals surface area contributed by atoms with Gasteiger partial charge in [-0.3, -0.25) is 9.98 Å². The summed E-state index contributed by atoms with van der Waals surface area (Å²) in [6.07, 6.45) is 3.72. The molecule has 1 N–H and O–H groups in total. The van der Waals surface area contributed by atoms with Crippen LogP contribution in [0.5, 0.6) is 0 Å². The molecular formula is C21H16BrN3. The summed E-state index contributed by atoms with van der Waals surface area (Å²) >= 11 is 3.55. The van der Waals surface area contributed by atoms with Gasteiger partial charge in [0, 0.05) is 16.2 Å². The van der Waals surface area contributed by atoms with E-state index in [0.717, 1.165) is 32.7 Å². The van der Waals surface area contributed by atoms with E-state index in [1.807, 2.05) is 48.5 Å². The highest BCUT2D eigenvalue weighted by Crippen LogP contribution is 2.26. The Labute approximate surface area is 155 Å². The van der Waals surface area contributed by atoms with Crippen molar-refractivity contribution in [3.63, 3.8) is 0 Å². The third kappa shape index (κ3) is 3.54. The molecule has 1 aliphatic heterocycles. The van der Waals surface area contributed by atoms with Crippen LogP contribution < -0.4 is 5.32 Å². The van der Waals surface area contributed by atoms with Gasteiger partial charge in [0.25, 0.3) is 0 Å². The van der Waals surface area contributed by atoms with Crippen molar-refractivity contribution in [3.8, 4) is 0 Å². The van der Waals surface area contributed by atoms with Gasteiger partial charge in [0.05, 0.1) is 17.1 Å². The lowest BCUT2D eigenvalue weighted by atomic mass is 10.0. The molecule has 0 fully saturated rings. The predicted octanol–water partition coefficient (Wildman–Crippen LogP) is 4.98. The first-order valence-electron chi connectivity index (χ1n) is 8.08. The maximum atomic E-state index is 4.92. The number of pyridine rings is 1. The Hall–Kier alpha value is -2.72. The number of nitrogens with zero attached hydrogens (tertiary/aromatic N) is 2. The van der Waals surface area contributed by atoms with Gasteiger partial charge < -0.3 is 5.32 Å². The van der Waals surface area contributed by atoms with Crippen molar-refractivity contribution in [2.75, 3.05) is 0 Å². The van der Waals surface area contributed by atoms with E-state index in [9.17, 15) is 0 Å². The number of hydrogen-bond acceptors (Lipinski definition) is 3. The highest BCUT2D eigenvalue weighted by molar-refractivity contribution is 9.10. The van der Waals surface area contributed by atoms with Crippen LogP contribution in [-0.2, 0) is 0 Å². The summed E-state index contributed by atoms with van der Waals surface area (Å²) in [6, 6.07) is 24.4. The molecule has 0 amide bonds. The quantitative estimate of drug-likeness (QED) is 0.685. The maximum absolute atomic E-state index is 4.92. The Kier molecular flexibility index (Phi) is 4.44. The average Bonchev–Trinajstić information content (AvgIpc) is 2.69. The molecule has 0 saturated carbocycles. The number of aliphatic imine (C=N–C) groups is 1. The lowest BCUT2D eigenvalue weighted by molar-refractivity contribution is 0.662. The van der Waals surface area contributed by atoms with Crippen LogP contribution in [-0.4, -0.2) is 10.7 Å². The van der Waals surface area contributed by atoms with Crippen LogP contribution in [0.1, 0.15) is 23.0 Å². The van der Waals surface area contributed by atoms with Crippen molar-refractivity contribution in [2.24, 2.45) is 4.99 Å². The van der Waals surface area contributed by atoms with E-state index in [0.29, 0.717) is 0 Å². The van der Waals surface area contributed by atoms with Crippen molar-refractivity contribution >= 4 is 27.3 Å². The van der Waals surface area contributed by atoms with Crippen molar-refractivity contribution in [3.05, 3.63) is 106 Å². The molecule has 1 unspecified atom stereocenters. The Morgan fingerprint density at radius 1 is 0.880 bits per heavy atom. The molecule has 4 heteroatoms. The topological polar surface area (TPSA) is 37.3 Å². The number of rotatable bonds is 3. The third-order valence-corrected chi connectivity index (χ3v) is 4.51. The monoisotopic (exact) mass is 389 g/mol. The fraction of sp³-hybridized carbons (Fsp3) is 0.0476. The average molecular weight is 390 g/mol. The Balaban J connectivity index is 1.80. The molecule has 2 heterocycles. The van der Waals surface area contributed by atoms with Gasteiger partial charge in [-0.25, -0.2) is 0 Å². The van der Waals surface area contributed by atoms with Gasteiger partial charge in [-0.1, -0.05) is 64.5 Å².